The normalized spacial score (nSPS) is 20.9. The molecule has 1 atom stereocenters. The number of hydrogen-bond acceptors (Lipinski definition) is 2. The van der Waals surface area contributed by atoms with Crippen molar-refractivity contribution in [3.05, 3.63) is 29.6 Å². The lowest BCUT2D eigenvalue weighted by molar-refractivity contribution is -0.126. The Morgan fingerprint density at radius 2 is 2.19 bits per heavy atom. The Morgan fingerprint density at radius 3 is 2.62 bits per heavy atom. The average molecular weight is 218 g/mol. The van der Waals surface area contributed by atoms with Crippen LogP contribution in [0.1, 0.15) is 43.4 Å². The van der Waals surface area contributed by atoms with E-state index in [1.807, 2.05) is 13.2 Å². The fourth-order valence-corrected chi connectivity index (χ4v) is 2.09. The summed E-state index contributed by atoms with van der Waals surface area (Å²) in [7, 11) is 1.86. The minimum atomic E-state index is 0.234. The van der Waals surface area contributed by atoms with E-state index < -0.39 is 0 Å². The Bertz CT molecular complexity index is 383. The van der Waals surface area contributed by atoms with E-state index in [4.69, 9.17) is 0 Å². The highest BCUT2D eigenvalue weighted by atomic mass is 16.2. The van der Waals surface area contributed by atoms with Gasteiger partial charge in [0.2, 0.25) is 5.91 Å². The molecule has 1 unspecified atom stereocenters. The van der Waals surface area contributed by atoms with E-state index in [-0.39, 0.29) is 5.91 Å². The van der Waals surface area contributed by atoms with Crippen molar-refractivity contribution in [3.63, 3.8) is 0 Å². The molecule has 1 aromatic rings. The van der Waals surface area contributed by atoms with Crippen LogP contribution in [0.3, 0.4) is 0 Å². The Hall–Kier alpha value is -1.38. The molecule has 0 bridgehead atoms. The van der Waals surface area contributed by atoms with E-state index in [1.165, 1.54) is 5.56 Å². The molecule has 16 heavy (non-hydrogen) atoms. The highest BCUT2D eigenvalue weighted by molar-refractivity contribution is 5.79. The third kappa shape index (κ3) is 2.08. The lowest BCUT2D eigenvalue weighted by Gasteiger charge is -2.11. The third-order valence-electron chi connectivity index (χ3n) is 3.21. The van der Waals surface area contributed by atoms with E-state index >= 15 is 0 Å². The molecule has 0 aromatic carbocycles. The molecule has 0 N–H and O–H groups in total. The van der Waals surface area contributed by atoms with Crippen LogP contribution in [0.15, 0.2) is 18.3 Å². The lowest BCUT2D eigenvalue weighted by Crippen LogP contribution is -2.18. The molecule has 2 rings (SSSR count). The van der Waals surface area contributed by atoms with Crippen LogP contribution in [0, 0.1) is 0 Å². The maximum atomic E-state index is 11.4. The smallest absolute Gasteiger partial charge is 0.223 e. The van der Waals surface area contributed by atoms with Crippen molar-refractivity contribution in [1.82, 2.24) is 9.88 Å². The number of hydrogen-bond donors (Lipinski definition) is 0. The molecule has 3 heteroatoms. The van der Waals surface area contributed by atoms with Crippen LogP contribution in [0.5, 0.6) is 0 Å². The van der Waals surface area contributed by atoms with Gasteiger partial charge in [-0.15, -0.1) is 0 Å². The number of rotatable bonds is 2. The third-order valence-corrected chi connectivity index (χ3v) is 3.21. The van der Waals surface area contributed by atoms with Crippen molar-refractivity contribution in [2.24, 2.45) is 0 Å². The fraction of sp³-hybridized carbons (Fsp3) is 0.538. The van der Waals surface area contributed by atoms with Gasteiger partial charge in [0.05, 0.1) is 0 Å². The first kappa shape index (κ1) is 11.1. The van der Waals surface area contributed by atoms with Gasteiger partial charge in [0.15, 0.2) is 0 Å². The van der Waals surface area contributed by atoms with Crippen molar-refractivity contribution in [2.45, 2.75) is 32.1 Å². The monoisotopic (exact) mass is 218 g/mol. The van der Waals surface area contributed by atoms with Gasteiger partial charge in [-0.25, -0.2) is 0 Å². The van der Waals surface area contributed by atoms with Gasteiger partial charge in [-0.3, -0.25) is 9.78 Å². The van der Waals surface area contributed by atoms with Crippen molar-refractivity contribution in [1.29, 1.82) is 0 Å². The quantitative estimate of drug-likeness (QED) is 0.762. The molecule has 1 amide bonds. The largest absolute Gasteiger partial charge is 0.345 e. The fourth-order valence-electron chi connectivity index (χ4n) is 2.09. The summed E-state index contributed by atoms with van der Waals surface area (Å²) >= 11 is 0. The molecule has 1 fully saturated rings. The second-order valence-corrected chi connectivity index (χ2v) is 4.85. The van der Waals surface area contributed by atoms with E-state index in [0.717, 1.165) is 12.2 Å². The van der Waals surface area contributed by atoms with Crippen LogP contribution in [0.4, 0.5) is 0 Å². The first-order valence-corrected chi connectivity index (χ1v) is 5.77. The topological polar surface area (TPSA) is 33.2 Å². The van der Waals surface area contributed by atoms with E-state index in [1.54, 1.807) is 4.90 Å². The predicted octanol–water partition coefficient (Wildman–Crippen LogP) is 2.15. The summed E-state index contributed by atoms with van der Waals surface area (Å²) < 4.78 is 0. The molecule has 0 radical (unpaired) electrons. The van der Waals surface area contributed by atoms with Crippen molar-refractivity contribution in [3.8, 4) is 0 Å². The molecule has 1 aromatic heterocycles. The zero-order valence-electron chi connectivity index (χ0n) is 10.1. The molecule has 1 saturated heterocycles. The number of carbonyl (C=O) groups is 1. The minimum Gasteiger partial charge on any atom is -0.345 e. The first-order chi connectivity index (χ1) is 7.58. The highest BCUT2D eigenvalue weighted by Crippen LogP contribution is 2.27. The van der Waals surface area contributed by atoms with Crippen molar-refractivity contribution >= 4 is 5.91 Å². The zero-order chi connectivity index (χ0) is 11.7. The molecule has 1 aliphatic heterocycles. The van der Waals surface area contributed by atoms with E-state index in [0.29, 0.717) is 18.3 Å². The second-order valence-electron chi connectivity index (χ2n) is 4.85. The van der Waals surface area contributed by atoms with Gasteiger partial charge in [-0.05, 0) is 17.5 Å². The molecule has 0 aliphatic carbocycles. The van der Waals surface area contributed by atoms with Crippen LogP contribution < -0.4 is 0 Å². The molecule has 2 heterocycles. The number of nitrogens with zero attached hydrogens (tertiary/aromatic N) is 2. The first-order valence-electron chi connectivity index (χ1n) is 5.77. The van der Waals surface area contributed by atoms with Gasteiger partial charge >= 0.3 is 0 Å². The standard InChI is InChI=1S/C13H18N2O/c1-9(2)12-5-4-10(7-14-12)11-6-13(16)15(3)8-11/h4-5,7,9,11H,6,8H2,1-3H3. The number of likely N-dealkylation sites (tertiary alicyclic amines) is 1. The molecule has 0 spiro atoms. The summed E-state index contributed by atoms with van der Waals surface area (Å²) in [4.78, 5) is 17.7. The highest BCUT2D eigenvalue weighted by Gasteiger charge is 2.27. The van der Waals surface area contributed by atoms with Crippen molar-refractivity contribution < 1.29 is 4.79 Å². The van der Waals surface area contributed by atoms with Gasteiger partial charge in [0.1, 0.15) is 0 Å². The SMILES string of the molecule is CC(C)c1ccc(C2CC(=O)N(C)C2)cn1. The number of carbonyl (C=O) groups excluding carboxylic acids is 1. The summed E-state index contributed by atoms with van der Waals surface area (Å²) in [5.41, 5.74) is 2.29. The minimum absolute atomic E-state index is 0.234. The Balaban J connectivity index is 2.14. The summed E-state index contributed by atoms with van der Waals surface area (Å²) in [6, 6.07) is 4.18. The van der Waals surface area contributed by atoms with E-state index in [9.17, 15) is 4.79 Å². The Kier molecular flexibility index (Phi) is 2.95. The van der Waals surface area contributed by atoms with Crippen LogP contribution in [0.25, 0.3) is 0 Å². The van der Waals surface area contributed by atoms with Gasteiger partial charge in [0.25, 0.3) is 0 Å². The second kappa shape index (κ2) is 4.24. The van der Waals surface area contributed by atoms with Crippen LogP contribution in [-0.4, -0.2) is 29.4 Å². The lowest BCUT2D eigenvalue weighted by atomic mass is 9.99. The summed E-state index contributed by atoms with van der Waals surface area (Å²) in [6.45, 7) is 5.09. The molecular formula is C13H18N2O. The number of likely N-dealkylation sites (N-methyl/N-ethyl adjacent to an activating group) is 1. The molecule has 86 valence electrons. The summed E-state index contributed by atoms with van der Waals surface area (Å²) in [5.74, 6) is 1.02. The zero-order valence-corrected chi connectivity index (χ0v) is 10.1. The Labute approximate surface area is 96.5 Å². The van der Waals surface area contributed by atoms with Gasteiger partial charge in [0, 0.05) is 37.8 Å². The molecule has 3 nitrogen and oxygen atoms in total. The summed E-state index contributed by atoms with van der Waals surface area (Å²) in [5, 5.41) is 0. The maximum Gasteiger partial charge on any atom is 0.223 e. The van der Waals surface area contributed by atoms with Crippen LogP contribution >= 0.6 is 0 Å². The van der Waals surface area contributed by atoms with Gasteiger partial charge in [-0.1, -0.05) is 19.9 Å². The molecule has 1 aliphatic rings. The van der Waals surface area contributed by atoms with E-state index in [2.05, 4.69) is 31.0 Å². The number of aromatic nitrogens is 1. The van der Waals surface area contributed by atoms with Crippen LogP contribution in [-0.2, 0) is 4.79 Å². The van der Waals surface area contributed by atoms with Gasteiger partial charge < -0.3 is 4.90 Å². The van der Waals surface area contributed by atoms with Gasteiger partial charge in [-0.2, -0.15) is 0 Å². The molecule has 0 saturated carbocycles. The van der Waals surface area contributed by atoms with Crippen LogP contribution in [0.2, 0.25) is 0 Å². The average Bonchev–Trinajstić information content (AvgIpc) is 2.59. The Morgan fingerprint density at radius 1 is 1.44 bits per heavy atom. The number of pyridine rings is 1. The maximum absolute atomic E-state index is 11.4. The van der Waals surface area contributed by atoms with Crippen molar-refractivity contribution in [2.75, 3.05) is 13.6 Å². The molecular weight excluding hydrogens is 200 g/mol. The predicted molar refractivity (Wildman–Crippen MR) is 63.3 cm³/mol. The summed E-state index contributed by atoms with van der Waals surface area (Å²) in [6.07, 6.45) is 2.55. The number of amides is 1.